The maximum Gasteiger partial charge on any atom is 0.411 e. The van der Waals surface area contributed by atoms with Gasteiger partial charge >= 0.3 is 24.0 Å². The SMILES string of the molecule is COC(=O)C1CN(CCC(C)(C)C(NC(=O)c2ccccc2C(=O)O)C(=O)OCc2ccccc2)CCN1C(=O)OC(C)(C)C. The number of ether oxygens (including phenoxy) is 3. The largest absolute Gasteiger partial charge is 0.478 e. The molecule has 2 unspecified atom stereocenters. The Hall–Kier alpha value is -4.45. The van der Waals surface area contributed by atoms with Gasteiger partial charge in [0.15, 0.2) is 0 Å². The Bertz CT molecular complexity index is 1370. The van der Waals surface area contributed by atoms with Gasteiger partial charge in [-0.1, -0.05) is 56.3 Å². The Morgan fingerprint density at radius 1 is 0.933 bits per heavy atom. The van der Waals surface area contributed by atoms with Crippen molar-refractivity contribution < 1.29 is 43.3 Å². The average Bonchev–Trinajstić information content (AvgIpc) is 3.00. The van der Waals surface area contributed by atoms with Crippen LogP contribution in [0.3, 0.4) is 0 Å². The number of hydrogen-bond donors (Lipinski definition) is 2. The molecule has 12 heteroatoms. The normalized spacial score (nSPS) is 16.3. The van der Waals surface area contributed by atoms with Crippen LogP contribution in [0.5, 0.6) is 0 Å². The van der Waals surface area contributed by atoms with Crippen molar-refractivity contribution in [2.24, 2.45) is 5.41 Å². The summed E-state index contributed by atoms with van der Waals surface area (Å²) in [6.45, 7) is 10.1. The Morgan fingerprint density at radius 3 is 2.16 bits per heavy atom. The first-order valence-corrected chi connectivity index (χ1v) is 14.8. The number of rotatable bonds is 11. The molecule has 1 fully saturated rings. The van der Waals surface area contributed by atoms with E-state index in [2.05, 4.69) is 5.32 Å². The van der Waals surface area contributed by atoms with E-state index in [0.29, 0.717) is 19.5 Å². The second-order valence-electron chi connectivity index (χ2n) is 12.6. The third-order valence-electron chi connectivity index (χ3n) is 7.56. The average molecular weight is 626 g/mol. The quantitative estimate of drug-likeness (QED) is 0.279. The van der Waals surface area contributed by atoms with Crippen molar-refractivity contribution in [3.63, 3.8) is 0 Å². The molecule has 0 aromatic heterocycles. The van der Waals surface area contributed by atoms with Crippen LogP contribution in [-0.2, 0) is 30.4 Å². The smallest absolute Gasteiger partial charge is 0.411 e. The zero-order valence-electron chi connectivity index (χ0n) is 26.7. The highest BCUT2D eigenvalue weighted by Crippen LogP contribution is 2.29. The van der Waals surface area contributed by atoms with Crippen molar-refractivity contribution >= 4 is 29.9 Å². The summed E-state index contributed by atoms with van der Waals surface area (Å²) in [5.41, 5.74) is -1.13. The van der Waals surface area contributed by atoms with Gasteiger partial charge in [-0.25, -0.2) is 19.2 Å². The number of hydrogen-bond acceptors (Lipinski definition) is 9. The zero-order chi connectivity index (χ0) is 33.4. The Kier molecular flexibility index (Phi) is 11.7. The summed E-state index contributed by atoms with van der Waals surface area (Å²) in [4.78, 5) is 67.5. The second-order valence-corrected chi connectivity index (χ2v) is 12.6. The highest BCUT2D eigenvalue weighted by molar-refractivity contribution is 6.05. The number of piperazine rings is 1. The fourth-order valence-corrected chi connectivity index (χ4v) is 4.97. The molecule has 2 atom stereocenters. The molecule has 2 N–H and O–H groups in total. The minimum absolute atomic E-state index is 0.0126. The van der Waals surface area contributed by atoms with Crippen LogP contribution in [0.1, 0.15) is 67.3 Å². The number of amides is 2. The molecule has 3 rings (SSSR count). The van der Waals surface area contributed by atoms with Gasteiger partial charge in [-0.05, 0) is 56.8 Å². The lowest BCUT2D eigenvalue weighted by molar-refractivity contribution is -0.150. The van der Waals surface area contributed by atoms with Gasteiger partial charge in [0.05, 0.1) is 18.2 Å². The number of carbonyl (C=O) groups excluding carboxylic acids is 4. The van der Waals surface area contributed by atoms with Gasteiger partial charge in [0.2, 0.25) is 0 Å². The number of aromatic carboxylic acids is 1. The highest BCUT2D eigenvalue weighted by Gasteiger charge is 2.41. The number of carboxylic acid groups (broad SMARTS) is 1. The maximum atomic E-state index is 13.5. The summed E-state index contributed by atoms with van der Waals surface area (Å²) in [6, 6.07) is 12.8. The van der Waals surface area contributed by atoms with E-state index in [9.17, 15) is 29.1 Å². The topological polar surface area (TPSA) is 152 Å². The first kappa shape index (κ1) is 35.0. The molecule has 12 nitrogen and oxygen atoms in total. The van der Waals surface area contributed by atoms with Crippen LogP contribution in [0, 0.1) is 5.41 Å². The molecule has 2 amide bonds. The Balaban J connectivity index is 1.78. The number of benzene rings is 2. The second kappa shape index (κ2) is 15.0. The molecule has 0 radical (unpaired) electrons. The fraction of sp³-hybridized carbons (Fsp3) is 0.485. The number of nitrogens with one attached hydrogen (secondary N) is 1. The van der Waals surface area contributed by atoms with Gasteiger partial charge in [0.1, 0.15) is 24.3 Å². The summed E-state index contributed by atoms with van der Waals surface area (Å²) < 4.78 is 16.1. The fourth-order valence-electron chi connectivity index (χ4n) is 4.97. The van der Waals surface area contributed by atoms with Gasteiger partial charge in [-0.15, -0.1) is 0 Å². The molecule has 1 saturated heterocycles. The first-order valence-electron chi connectivity index (χ1n) is 14.8. The van der Waals surface area contributed by atoms with E-state index < -0.39 is 53.0 Å². The lowest BCUT2D eigenvalue weighted by Gasteiger charge is -2.41. The Morgan fingerprint density at radius 2 is 1.56 bits per heavy atom. The highest BCUT2D eigenvalue weighted by atomic mass is 16.6. The number of carboxylic acids is 1. The molecule has 45 heavy (non-hydrogen) atoms. The van der Waals surface area contributed by atoms with E-state index in [1.54, 1.807) is 40.7 Å². The van der Waals surface area contributed by atoms with Gasteiger partial charge in [0.25, 0.3) is 5.91 Å². The van der Waals surface area contributed by atoms with Crippen LogP contribution in [0.15, 0.2) is 54.6 Å². The predicted molar refractivity (Wildman–Crippen MR) is 164 cm³/mol. The van der Waals surface area contributed by atoms with Crippen LogP contribution < -0.4 is 5.32 Å². The minimum Gasteiger partial charge on any atom is -0.478 e. The third-order valence-corrected chi connectivity index (χ3v) is 7.56. The Labute approximate surface area is 263 Å². The zero-order valence-corrected chi connectivity index (χ0v) is 26.7. The molecule has 0 spiro atoms. The molecule has 1 aliphatic rings. The van der Waals surface area contributed by atoms with E-state index >= 15 is 0 Å². The number of nitrogens with zero attached hydrogens (tertiary/aromatic N) is 2. The maximum absolute atomic E-state index is 13.5. The van der Waals surface area contributed by atoms with E-state index in [4.69, 9.17) is 14.2 Å². The standard InChI is InChI=1S/C33H43N3O9/c1-32(2,3)45-31(42)36-19-18-35(20-25(36)29(40)43-6)17-16-33(4,5)26(30(41)44-21-22-12-8-7-9-13-22)34-27(37)23-14-10-11-15-24(23)28(38)39/h7-15,25-26H,16-21H2,1-6H3,(H,34,37)(H,38,39). The van der Waals surface area contributed by atoms with E-state index in [-0.39, 0.29) is 30.8 Å². The van der Waals surface area contributed by atoms with Crippen LogP contribution in [0.25, 0.3) is 0 Å². The summed E-state index contributed by atoms with van der Waals surface area (Å²) in [5, 5.41) is 12.3. The van der Waals surface area contributed by atoms with Gasteiger partial charge in [-0.3, -0.25) is 14.6 Å². The predicted octanol–water partition coefficient (Wildman–Crippen LogP) is 3.74. The number of carbonyl (C=O) groups is 5. The lowest BCUT2D eigenvalue weighted by Crippen LogP contribution is -2.60. The van der Waals surface area contributed by atoms with Crippen LogP contribution in [-0.4, -0.2) is 95.8 Å². The van der Waals surface area contributed by atoms with Crippen LogP contribution in [0.2, 0.25) is 0 Å². The summed E-state index contributed by atoms with van der Waals surface area (Å²) in [7, 11) is 1.26. The molecule has 244 valence electrons. The van der Waals surface area contributed by atoms with Crippen molar-refractivity contribution in [3.05, 3.63) is 71.3 Å². The third kappa shape index (κ3) is 9.77. The van der Waals surface area contributed by atoms with Gasteiger partial charge < -0.3 is 24.6 Å². The molecule has 2 aromatic rings. The van der Waals surface area contributed by atoms with Gasteiger partial charge in [-0.2, -0.15) is 0 Å². The van der Waals surface area contributed by atoms with Gasteiger partial charge in [0, 0.05) is 19.6 Å². The molecule has 0 saturated carbocycles. The monoisotopic (exact) mass is 625 g/mol. The van der Waals surface area contributed by atoms with E-state index in [1.165, 1.54) is 30.2 Å². The molecule has 0 aliphatic carbocycles. The van der Waals surface area contributed by atoms with Crippen LogP contribution >= 0.6 is 0 Å². The number of methoxy groups -OCH3 is 1. The van der Waals surface area contributed by atoms with Crippen molar-refractivity contribution in [1.82, 2.24) is 15.1 Å². The molecular formula is C33H43N3O9. The lowest BCUT2D eigenvalue weighted by atomic mass is 9.80. The summed E-state index contributed by atoms with van der Waals surface area (Å²) in [6.07, 6.45) is -0.234. The summed E-state index contributed by atoms with van der Waals surface area (Å²) in [5.74, 6) is -3.24. The molecular weight excluding hydrogens is 582 g/mol. The number of esters is 2. The minimum atomic E-state index is -1.27. The molecule has 1 heterocycles. The summed E-state index contributed by atoms with van der Waals surface area (Å²) >= 11 is 0. The van der Waals surface area contributed by atoms with Crippen molar-refractivity contribution in [2.45, 2.75) is 65.3 Å². The molecule has 1 aliphatic heterocycles. The van der Waals surface area contributed by atoms with Crippen molar-refractivity contribution in [3.8, 4) is 0 Å². The van der Waals surface area contributed by atoms with Crippen molar-refractivity contribution in [1.29, 1.82) is 0 Å². The van der Waals surface area contributed by atoms with E-state index in [1.807, 2.05) is 35.2 Å². The van der Waals surface area contributed by atoms with E-state index in [0.717, 1.165) is 5.56 Å². The van der Waals surface area contributed by atoms with Crippen LogP contribution in [0.4, 0.5) is 4.79 Å². The van der Waals surface area contributed by atoms with Crippen molar-refractivity contribution in [2.75, 3.05) is 33.3 Å². The molecule has 2 aromatic carbocycles. The molecule has 0 bridgehead atoms. The first-order chi connectivity index (χ1) is 21.1.